The molecule has 0 bridgehead atoms. The molecule has 0 atom stereocenters. The van der Waals surface area contributed by atoms with E-state index in [2.05, 4.69) is 12.2 Å². The molecule has 0 saturated heterocycles. The number of carbonyl (C=O) groups is 1. The van der Waals surface area contributed by atoms with Gasteiger partial charge in [0, 0.05) is 18.0 Å². The predicted molar refractivity (Wildman–Crippen MR) is 88.4 cm³/mol. The molecule has 0 spiro atoms. The molecule has 0 fully saturated rings. The molecule has 1 aromatic rings. The van der Waals surface area contributed by atoms with Crippen LogP contribution in [0.2, 0.25) is 0 Å². The van der Waals surface area contributed by atoms with Gasteiger partial charge in [0.15, 0.2) is 0 Å². The van der Waals surface area contributed by atoms with Gasteiger partial charge in [-0.1, -0.05) is 45.1 Å². The molecule has 4 heteroatoms. The summed E-state index contributed by atoms with van der Waals surface area (Å²) in [4.78, 5) is 11.7. The largest absolute Gasteiger partial charge is 0.398 e. The van der Waals surface area contributed by atoms with Gasteiger partial charge in [-0.05, 0) is 31.0 Å². The van der Waals surface area contributed by atoms with E-state index in [0.29, 0.717) is 18.0 Å². The van der Waals surface area contributed by atoms with Crippen LogP contribution in [0, 0.1) is 6.92 Å². The van der Waals surface area contributed by atoms with E-state index in [9.17, 15) is 4.79 Å². The Balaban J connectivity index is 2.10. The van der Waals surface area contributed by atoms with Crippen LogP contribution in [-0.4, -0.2) is 19.1 Å². The first-order valence-electron chi connectivity index (χ1n) is 7.87. The Labute approximate surface area is 128 Å². The summed E-state index contributed by atoms with van der Waals surface area (Å²) < 4.78 is 5.38. The standard InChI is InChI=1S/C17H28N2O2/c1-3-4-5-6-7-8-11-21-13-17(20)19-15-10-9-14(2)16(18)12-15/h9-10,12H,3-8,11,13,18H2,1-2H3,(H,19,20). The predicted octanol–water partition coefficient (Wildman–Crippen LogP) is 3.89. The third kappa shape index (κ3) is 7.71. The minimum Gasteiger partial charge on any atom is -0.398 e. The zero-order valence-electron chi connectivity index (χ0n) is 13.3. The lowest BCUT2D eigenvalue weighted by Gasteiger charge is -2.08. The first kappa shape index (κ1) is 17.5. The third-order valence-electron chi connectivity index (χ3n) is 3.44. The van der Waals surface area contributed by atoms with Gasteiger partial charge in [0.1, 0.15) is 6.61 Å². The Hall–Kier alpha value is -1.55. The monoisotopic (exact) mass is 292 g/mol. The molecule has 1 amide bonds. The molecule has 0 unspecified atom stereocenters. The number of nitrogens with one attached hydrogen (secondary N) is 1. The number of amides is 1. The Kier molecular flexibility index (Phi) is 8.51. The molecule has 0 aliphatic carbocycles. The lowest BCUT2D eigenvalue weighted by molar-refractivity contribution is -0.120. The second-order valence-electron chi connectivity index (χ2n) is 5.44. The summed E-state index contributed by atoms with van der Waals surface area (Å²) >= 11 is 0. The topological polar surface area (TPSA) is 64.3 Å². The molecule has 0 aliphatic heterocycles. The SMILES string of the molecule is CCCCCCCCOCC(=O)Nc1ccc(C)c(N)c1. The van der Waals surface area contributed by atoms with E-state index in [1.165, 1.54) is 32.1 Å². The van der Waals surface area contributed by atoms with Crippen molar-refractivity contribution in [2.45, 2.75) is 52.4 Å². The molecule has 0 aromatic heterocycles. The number of aryl methyl sites for hydroxylation is 1. The van der Waals surface area contributed by atoms with Crippen molar-refractivity contribution in [3.63, 3.8) is 0 Å². The number of nitrogen functional groups attached to an aromatic ring is 1. The van der Waals surface area contributed by atoms with Gasteiger partial charge in [-0.2, -0.15) is 0 Å². The van der Waals surface area contributed by atoms with Gasteiger partial charge in [0.05, 0.1) is 0 Å². The number of hydrogen-bond acceptors (Lipinski definition) is 3. The summed E-state index contributed by atoms with van der Waals surface area (Å²) in [6, 6.07) is 5.50. The second kappa shape index (κ2) is 10.2. The van der Waals surface area contributed by atoms with Crippen molar-refractivity contribution in [3.05, 3.63) is 23.8 Å². The summed E-state index contributed by atoms with van der Waals surface area (Å²) in [6.45, 7) is 4.90. The second-order valence-corrected chi connectivity index (χ2v) is 5.44. The number of ether oxygens (including phenoxy) is 1. The van der Waals surface area contributed by atoms with Gasteiger partial charge in [0.2, 0.25) is 5.91 Å². The molecule has 0 heterocycles. The Morgan fingerprint density at radius 1 is 1.19 bits per heavy atom. The summed E-state index contributed by atoms with van der Waals surface area (Å²) in [5.41, 5.74) is 8.21. The number of unbranched alkanes of at least 4 members (excludes halogenated alkanes) is 5. The van der Waals surface area contributed by atoms with Crippen LogP contribution in [0.1, 0.15) is 51.0 Å². The summed E-state index contributed by atoms with van der Waals surface area (Å²) in [7, 11) is 0. The van der Waals surface area contributed by atoms with E-state index < -0.39 is 0 Å². The molecular weight excluding hydrogens is 264 g/mol. The van der Waals surface area contributed by atoms with E-state index in [4.69, 9.17) is 10.5 Å². The molecule has 0 saturated carbocycles. The highest BCUT2D eigenvalue weighted by Crippen LogP contribution is 2.16. The fourth-order valence-corrected chi connectivity index (χ4v) is 2.06. The fraction of sp³-hybridized carbons (Fsp3) is 0.588. The van der Waals surface area contributed by atoms with Crippen LogP contribution in [0.5, 0.6) is 0 Å². The molecule has 0 aliphatic rings. The minimum atomic E-state index is -0.135. The molecule has 1 rings (SSSR count). The lowest BCUT2D eigenvalue weighted by Crippen LogP contribution is -2.18. The number of rotatable bonds is 10. The molecule has 3 N–H and O–H groups in total. The highest BCUT2D eigenvalue weighted by atomic mass is 16.5. The van der Waals surface area contributed by atoms with E-state index in [0.717, 1.165) is 12.0 Å². The summed E-state index contributed by atoms with van der Waals surface area (Å²) in [6.07, 6.45) is 7.33. The average Bonchev–Trinajstić information content (AvgIpc) is 2.46. The number of hydrogen-bond donors (Lipinski definition) is 2. The number of nitrogens with two attached hydrogens (primary N) is 1. The van der Waals surface area contributed by atoms with Crippen LogP contribution in [0.3, 0.4) is 0 Å². The van der Waals surface area contributed by atoms with Gasteiger partial charge in [-0.3, -0.25) is 4.79 Å². The Bertz CT molecular complexity index is 433. The van der Waals surface area contributed by atoms with Gasteiger partial charge in [-0.15, -0.1) is 0 Å². The summed E-state index contributed by atoms with van der Waals surface area (Å²) in [5.74, 6) is -0.135. The van der Waals surface area contributed by atoms with Crippen molar-refractivity contribution in [1.82, 2.24) is 0 Å². The smallest absolute Gasteiger partial charge is 0.250 e. The minimum absolute atomic E-state index is 0.0999. The van der Waals surface area contributed by atoms with Crippen molar-refractivity contribution in [2.75, 3.05) is 24.3 Å². The average molecular weight is 292 g/mol. The Morgan fingerprint density at radius 2 is 1.90 bits per heavy atom. The van der Waals surface area contributed by atoms with Crippen molar-refractivity contribution < 1.29 is 9.53 Å². The first-order valence-corrected chi connectivity index (χ1v) is 7.87. The number of benzene rings is 1. The van der Waals surface area contributed by atoms with Gasteiger partial charge in [0.25, 0.3) is 0 Å². The lowest BCUT2D eigenvalue weighted by atomic mass is 10.1. The molecule has 21 heavy (non-hydrogen) atoms. The van der Waals surface area contributed by atoms with E-state index in [-0.39, 0.29) is 12.5 Å². The van der Waals surface area contributed by atoms with Crippen molar-refractivity contribution in [1.29, 1.82) is 0 Å². The quantitative estimate of drug-likeness (QED) is 0.508. The maximum Gasteiger partial charge on any atom is 0.250 e. The van der Waals surface area contributed by atoms with E-state index in [1.54, 1.807) is 6.07 Å². The summed E-state index contributed by atoms with van der Waals surface area (Å²) in [5, 5.41) is 2.78. The van der Waals surface area contributed by atoms with Crippen molar-refractivity contribution >= 4 is 17.3 Å². The zero-order chi connectivity index (χ0) is 15.5. The molecule has 1 aromatic carbocycles. The molecule has 118 valence electrons. The molecule has 4 nitrogen and oxygen atoms in total. The number of carbonyl (C=O) groups excluding carboxylic acids is 1. The normalized spacial score (nSPS) is 10.6. The van der Waals surface area contributed by atoms with Crippen LogP contribution in [0.25, 0.3) is 0 Å². The molecular formula is C17H28N2O2. The maximum atomic E-state index is 11.7. The highest BCUT2D eigenvalue weighted by molar-refractivity contribution is 5.92. The van der Waals surface area contributed by atoms with E-state index >= 15 is 0 Å². The van der Waals surface area contributed by atoms with Gasteiger partial charge in [-0.25, -0.2) is 0 Å². The third-order valence-corrected chi connectivity index (χ3v) is 3.44. The Morgan fingerprint density at radius 3 is 2.62 bits per heavy atom. The van der Waals surface area contributed by atoms with Crippen molar-refractivity contribution in [3.8, 4) is 0 Å². The van der Waals surface area contributed by atoms with Gasteiger partial charge >= 0.3 is 0 Å². The first-order chi connectivity index (χ1) is 10.1. The van der Waals surface area contributed by atoms with Crippen molar-refractivity contribution in [2.24, 2.45) is 0 Å². The number of anilines is 2. The van der Waals surface area contributed by atoms with Crippen LogP contribution in [0.15, 0.2) is 18.2 Å². The van der Waals surface area contributed by atoms with Gasteiger partial charge < -0.3 is 15.8 Å². The highest BCUT2D eigenvalue weighted by Gasteiger charge is 2.03. The van der Waals surface area contributed by atoms with E-state index in [1.807, 2.05) is 19.1 Å². The van der Waals surface area contributed by atoms with Crippen LogP contribution in [0.4, 0.5) is 11.4 Å². The zero-order valence-corrected chi connectivity index (χ0v) is 13.3. The molecule has 0 radical (unpaired) electrons. The van der Waals surface area contributed by atoms with Crippen LogP contribution in [-0.2, 0) is 9.53 Å². The van der Waals surface area contributed by atoms with Crippen LogP contribution >= 0.6 is 0 Å². The maximum absolute atomic E-state index is 11.7. The fourth-order valence-electron chi connectivity index (χ4n) is 2.06. The van der Waals surface area contributed by atoms with Crippen LogP contribution < -0.4 is 11.1 Å².